The molecule has 1 saturated carbocycles. The minimum atomic E-state index is -4.18. The number of hydrogen-bond donors (Lipinski definition) is 1. The Hall–Kier alpha value is -1.03. The van der Waals surface area contributed by atoms with Crippen LogP contribution < -0.4 is 0 Å². The highest BCUT2D eigenvalue weighted by atomic mass is 19.4. The molecule has 1 aromatic carbocycles. The van der Waals surface area contributed by atoms with Crippen molar-refractivity contribution in [1.29, 1.82) is 0 Å². The van der Waals surface area contributed by atoms with Crippen molar-refractivity contribution in [2.75, 3.05) is 0 Å². The molecule has 0 saturated heterocycles. The molecule has 2 rings (SSSR count). The van der Waals surface area contributed by atoms with Gasteiger partial charge in [0.15, 0.2) is 0 Å². The van der Waals surface area contributed by atoms with Gasteiger partial charge < -0.3 is 5.11 Å². The minimum absolute atomic E-state index is 0.149. The molecular formula is C15H19F3O. The molecule has 0 radical (unpaired) electrons. The molecule has 1 nitrogen and oxygen atoms in total. The second-order valence-corrected chi connectivity index (χ2v) is 5.54. The Kier molecular flexibility index (Phi) is 4.19. The van der Waals surface area contributed by atoms with Gasteiger partial charge in [-0.05, 0) is 44.1 Å². The zero-order valence-electron chi connectivity index (χ0n) is 10.8. The third-order valence-electron chi connectivity index (χ3n) is 4.01. The molecule has 1 N–H and O–H groups in total. The van der Waals surface area contributed by atoms with Gasteiger partial charge in [0.2, 0.25) is 0 Å². The van der Waals surface area contributed by atoms with E-state index in [1.807, 2.05) is 30.3 Å². The Morgan fingerprint density at radius 1 is 1.21 bits per heavy atom. The number of alkyl halides is 3. The molecule has 2 unspecified atom stereocenters. The molecule has 1 aliphatic carbocycles. The summed E-state index contributed by atoms with van der Waals surface area (Å²) in [4.78, 5) is 0. The van der Waals surface area contributed by atoms with Gasteiger partial charge in [-0.2, -0.15) is 13.2 Å². The van der Waals surface area contributed by atoms with Crippen molar-refractivity contribution < 1.29 is 18.3 Å². The van der Waals surface area contributed by atoms with Crippen molar-refractivity contribution in [2.45, 2.75) is 50.3 Å². The van der Waals surface area contributed by atoms with Crippen LogP contribution in [-0.4, -0.2) is 16.9 Å². The van der Waals surface area contributed by atoms with Gasteiger partial charge in [-0.15, -0.1) is 0 Å². The highest BCUT2D eigenvalue weighted by Gasteiger charge is 2.46. The Labute approximate surface area is 111 Å². The first-order valence-electron chi connectivity index (χ1n) is 6.72. The second-order valence-electron chi connectivity index (χ2n) is 5.54. The van der Waals surface area contributed by atoms with E-state index in [4.69, 9.17) is 0 Å². The van der Waals surface area contributed by atoms with Crippen LogP contribution in [0.2, 0.25) is 0 Å². The monoisotopic (exact) mass is 272 g/mol. The number of rotatable bonds is 3. The summed E-state index contributed by atoms with van der Waals surface area (Å²) in [5.41, 5.74) is -0.0982. The van der Waals surface area contributed by atoms with E-state index < -0.39 is 17.7 Å². The van der Waals surface area contributed by atoms with Crippen LogP contribution in [0.15, 0.2) is 30.3 Å². The Balaban J connectivity index is 1.95. The SMILES string of the molecule is OC1(CCc2ccccc2)CCCC(C(F)(F)F)C1. The van der Waals surface area contributed by atoms with E-state index in [1.54, 1.807) is 0 Å². The molecule has 0 aliphatic heterocycles. The lowest BCUT2D eigenvalue weighted by molar-refractivity contribution is -0.201. The summed E-state index contributed by atoms with van der Waals surface area (Å²) < 4.78 is 38.2. The van der Waals surface area contributed by atoms with Crippen LogP contribution in [0.25, 0.3) is 0 Å². The van der Waals surface area contributed by atoms with Crippen LogP contribution in [0, 0.1) is 5.92 Å². The van der Waals surface area contributed by atoms with Crippen LogP contribution in [0.5, 0.6) is 0 Å². The van der Waals surface area contributed by atoms with Crippen LogP contribution in [0.3, 0.4) is 0 Å². The topological polar surface area (TPSA) is 20.2 Å². The zero-order valence-corrected chi connectivity index (χ0v) is 10.8. The summed E-state index contributed by atoms with van der Waals surface area (Å²) >= 11 is 0. The normalized spacial score (nSPS) is 28.3. The van der Waals surface area contributed by atoms with Gasteiger partial charge in [-0.25, -0.2) is 0 Å². The van der Waals surface area contributed by atoms with Gasteiger partial charge in [0.1, 0.15) is 0 Å². The molecule has 2 atom stereocenters. The summed E-state index contributed by atoms with van der Waals surface area (Å²) in [6, 6.07) is 9.58. The summed E-state index contributed by atoms with van der Waals surface area (Å²) in [7, 11) is 0. The predicted octanol–water partition coefficient (Wildman–Crippen LogP) is 4.10. The van der Waals surface area contributed by atoms with Gasteiger partial charge >= 0.3 is 6.18 Å². The molecule has 1 aromatic rings. The van der Waals surface area contributed by atoms with E-state index in [2.05, 4.69) is 0 Å². The van der Waals surface area contributed by atoms with Crippen LogP contribution in [0.1, 0.15) is 37.7 Å². The fourth-order valence-corrected chi connectivity index (χ4v) is 2.87. The molecule has 4 heteroatoms. The molecule has 0 amide bonds. The van der Waals surface area contributed by atoms with Crippen molar-refractivity contribution >= 4 is 0 Å². The number of aryl methyl sites for hydroxylation is 1. The van der Waals surface area contributed by atoms with E-state index >= 15 is 0 Å². The van der Waals surface area contributed by atoms with E-state index in [0.717, 1.165) is 5.56 Å². The number of aliphatic hydroxyl groups is 1. The Bertz CT molecular complexity index is 402. The third-order valence-corrected chi connectivity index (χ3v) is 4.01. The van der Waals surface area contributed by atoms with Gasteiger partial charge in [0, 0.05) is 0 Å². The largest absolute Gasteiger partial charge is 0.391 e. The maximum Gasteiger partial charge on any atom is 0.391 e. The number of hydrogen-bond acceptors (Lipinski definition) is 1. The lowest BCUT2D eigenvalue weighted by Gasteiger charge is -2.37. The highest BCUT2D eigenvalue weighted by Crippen LogP contribution is 2.43. The maximum atomic E-state index is 12.7. The summed E-state index contributed by atoms with van der Waals surface area (Å²) in [6.45, 7) is 0. The van der Waals surface area contributed by atoms with E-state index in [0.29, 0.717) is 25.7 Å². The molecule has 1 fully saturated rings. The van der Waals surface area contributed by atoms with Gasteiger partial charge in [-0.1, -0.05) is 30.3 Å². The lowest BCUT2D eigenvalue weighted by atomic mass is 9.75. The van der Waals surface area contributed by atoms with Crippen LogP contribution >= 0.6 is 0 Å². The van der Waals surface area contributed by atoms with E-state index in [1.165, 1.54) is 0 Å². The molecule has 0 bridgehead atoms. The summed E-state index contributed by atoms with van der Waals surface area (Å²) in [5.74, 6) is -1.35. The van der Waals surface area contributed by atoms with Crippen molar-refractivity contribution in [1.82, 2.24) is 0 Å². The molecular weight excluding hydrogens is 253 g/mol. The fourth-order valence-electron chi connectivity index (χ4n) is 2.87. The minimum Gasteiger partial charge on any atom is -0.390 e. The van der Waals surface area contributed by atoms with Crippen molar-refractivity contribution in [2.24, 2.45) is 5.92 Å². The average molecular weight is 272 g/mol. The first kappa shape index (κ1) is 14.4. The fraction of sp³-hybridized carbons (Fsp3) is 0.600. The predicted molar refractivity (Wildman–Crippen MR) is 67.7 cm³/mol. The van der Waals surface area contributed by atoms with Gasteiger partial charge in [0.25, 0.3) is 0 Å². The first-order chi connectivity index (χ1) is 8.89. The Morgan fingerprint density at radius 2 is 1.89 bits per heavy atom. The quantitative estimate of drug-likeness (QED) is 0.878. The maximum absolute atomic E-state index is 12.7. The average Bonchev–Trinajstić information content (AvgIpc) is 2.37. The van der Waals surface area contributed by atoms with E-state index in [9.17, 15) is 18.3 Å². The number of halogens is 3. The van der Waals surface area contributed by atoms with Crippen LogP contribution in [-0.2, 0) is 6.42 Å². The van der Waals surface area contributed by atoms with Crippen molar-refractivity contribution in [3.05, 3.63) is 35.9 Å². The molecule has 0 aromatic heterocycles. The molecule has 19 heavy (non-hydrogen) atoms. The first-order valence-corrected chi connectivity index (χ1v) is 6.72. The van der Waals surface area contributed by atoms with Crippen LogP contribution in [0.4, 0.5) is 13.2 Å². The molecule has 106 valence electrons. The van der Waals surface area contributed by atoms with Crippen molar-refractivity contribution in [3.8, 4) is 0 Å². The molecule has 0 heterocycles. The zero-order chi connectivity index (χ0) is 13.9. The number of benzene rings is 1. The third kappa shape index (κ3) is 3.96. The van der Waals surface area contributed by atoms with Crippen molar-refractivity contribution in [3.63, 3.8) is 0 Å². The molecule has 0 spiro atoms. The second kappa shape index (κ2) is 5.53. The summed E-state index contributed by atoms with van der Waals surface area (Å²) in [5, 5.41) is 10.4. The Morgan fingerprint density at radius 3 is 2.53 bits per heavy atom. The van der Waals surface area contributed by atoms with E-state index in [-0.39, 0.29) is 12.8 Å². The summed E-state index contributed by atoms with van der Waals surface area (Å²) in [6.07, 6.45) is -2.21. The standard InChI is InChI=1S/C15H19F3O/c16-15(17,18)13-7-4-9-14(19,11-13)10-8-12-5-2-1-3-6-12/h1-3,5-6,13,19H,4,7-11H2. The molecule has 1 aliphatic rings. The van der Waals surface area contributed by atoms with Gasteiger partial charge in [-0.3, -0.25) is 0 Å². The lowest BCUT2D eigenvalue weighted by Crippen LogP contribution is -2.40. The smallest absolute Gasteiger partial charge is 0.390 e. The highest BCUT2D eigenvalue weighted by molar-refractivity contribution is 5.15. The van der Waals surface area contributed by atoms with Gasteiger partial charge in [0.05, 0.1) is 11.5 Å².